The average Bonchev–Trinajstić information content (AvgIpc) is 2.36. The second-order valence-corrected chi connectivity index (χ2v) is 4.43. The lowest BCUT2D eigenvalue weighted by atomic mass is 10.2. The molecule has 0 aliphatic heterocycles. The Kier molecular flexibility index (Phi) is 5.74. The van der Waals surface area contributed by atoms with Gasteiger partial charge < -0.3 is 15.8 Å². The van der Waals surface area contributed by atoms with Crippen molar-refractivity contribution in [2.75, 3.05) is 11.9 Å². The molecule has 0 heterocycles. The number of hydrogen-bond donors (Lipinski definition) is 2. The molecule has 0 bridgehead atoms. The first kappa shape index (κ1) is 14.6. The molecule has 0 saturated carbocycles. The average molecular weight is 266 g/mol. The number of carbonyl (C=O) groups is 1. The van der Waals surface area contributed by atoms with Crippen molar-refractivity contribution in [2.45, 2.75) is 26.4 Å². The molecule has 4 nitrogen and oxygen atoms in total. The van der Waals surface area contributed by atoms with Gasteiger partial charge >= 0.3 is 0 Å². The maximum absolute atomic E-state index is 11.7. The van der Waals surface area contributed by atoms with Gasteiger partial charge in [-0.05, 0) is 25.5 Å². The first-order chi connectivity index (χ1) is 8.54. The van der Waals surface area contributed by atoms with Gasteiger partial charge in [-0.3, -0.25) is 4.79 Å². The smallest absolute Gasteiger partial charge is 0.250 e. The second-order valence-electron chi connectivity index (χ2n) is 3.99. The number of rotatable bonds is 6. The maximum Gasteiger partial charge on any atom is 0.250 e. The molecule has 0 aliphatic carbocycles. The van der Waals surface area contributed by atoms with E-state index in [1.165, 1.54) is 0 Å². The van der Waals surface area contributed by atoms with Gasteiger partial charge in [-0.25, -0.2) is 0 Å². The van der Waals surface area contributed by atoms with Crippen LogP contribution in [-0.4, -0.2) is 23.6 Å². The van der Waals surface area contributed by atoms with Crippen LogP contribution in [0.2, 0.25) is 0 Å². The van der Waals surface area contributed by atoms with Crippen molar-refractivity contribution in [1.29, 1.82) is 0 Å². The van der Waals surface area contributed by atoms with Crippen LogP contribution in [0.1, 0.15) is 25.8 Å². The predicted octanol–water partition coefficient (Wildman–Crippen LogP) is 2.07. The third-order valence-electron chi connectivity index (χ3n) is 2.54. The van der Waals surface area contributed by atoms with Crippen LogP contribution in [0, 0.1) is 0 Å². The van der Waals surface area contributed by atoms with Gasteiger partial charge in [0.2, 0.25) is 5.91 Å². The number of nitrogens with one attached hydrogen (secondary N) is 1. The monoisotopic (exact) mass is 266 g/mol. The fraction of sp³-hybridized carbons (Fsp3) is 0.385. The summed E-state index contributed by atoms with van der Waals surface area (Å²) in [6.07, 6.45) is 0.943. The van der Waals surface area contributed by atoms with Gasteiger partial charge in [0.05, 0.1) is 11.8 Å². The van der Waals surface area contributed by atoms with Gasteiger partial charge in [-0.2, -0.15) is 0 Å². The maximum atomic E-state index is 11.7. The van der Waals surface area contributed by atoms with Gasteiger partial charge in [0, 0.05) is 5.56 Å². The molecule has 3 N–H and O–H groups in total. The third-order valence-corrected chi connectivity index (χ3v) is 2.76. The number of anilines is 1. The number of ether oxygens (including phenoxy) is 1. The van der Waals surface area contributed by atoms with E-state index in [1.54, 1.807) is 12.1 Å². The van der Waals surface area contributed by atoms with Crippen molar-refractivity contribution in [2.24, 2.45) is 5.73 Å². The van der Waals surface area contributed by atoms with E-state index in [0.29, 0.717) is 11.3 Å². The van der Waals surface area contributed by atoms with Gasteiger partial charge in [-0.1, -0.05) is 31.3 Å². The number of hydrogen-bond acceptors (Lipinski definition) is 3. The van der Waals surface area contributed by atoms with E-state index in [4.69, 9.17) is 22.7 Å². The highest BCUT2D eigenvalue weighted by Crippen LogP contribution is 2.14. The first-order valence-electron chi connectivity index (χ1n) is 5.84. The SMILES string of the molecule is CCC(C)OCC(=O)Nc1ccccc1C(N)=S. The number of nitrogens with two attached hydrogens (primary N) is 1. The van der Waals surface area contributed by atoms with E-state index < -0.39 is 0 Å². The Bertz CT molecular complexity index is 435. The summed E-state index contributed by atoms with van der Waals surface area (Å²) in [5.41, 5.74) is 6.85. The molecule has 1 atom stereocenters. The van der Waals surface area contributed by atoms with Crippen molar-refractivity contribution in [3.8, 4) is 0 Å². The molecular formula is C13H18N2O2S. The summed E-state index contributed by atoms with van der Waals surface area (Å²) in [6, 6.07) is 7.16. The molecule has 1 unspecified atom stereocenters. The van der Waals surface area contributed by atoms with Crippen LogP contribution < -0.4 is 11.1 Å². The van der Waals surface area contributed by atoms with Crippen molar-refractivity contribution < 1.29 is 9.53 Å². The highest BCUT2D eigenvalue weighted by atomic mass is 32.1. The van der Waals surface area contributed by atoms with Crippen molar-refractivity contribution in [1.82, 2.24) is 0 Å². The Labute approximate surface area is 113 Å². The molecule has 18 heavy (non-hydrogen) atoms. The summed E-state index contributed by atoms with van der Waals surface area (Å²) in [4.78, 5) is 11.9. The standard InChI is InChI=1S/C13H18N2O2S/c1-3-9(2)17-8-12(16)15-11-7-5-4-6-10(11)13(14)18/h4-7,9H,3,8H2,1-2H3,(H2,14,18)(H,15,16). The van der Waals surface area contributed by atoms with Crippen LogP contribution in [0.3, 0.4) is 0 Å². The summed E-state index contributed by atoms with van der Waals surface area (Å²) in [5, 5.41) is 2.74. The Morgan fingerprint density at radius 1 is 1.50 bits per heavy atom. The van der Waals surface area contributed by atoms with Gasteiger partial charge in [0.25, 0.3) is 0 Å². The van der Waals surface area contributed by atoms with Gasteiger partial charge in [0.1, 0.15) is 11.6 Å². The van der Waals surface area contributed by atoms with E-state index in [0.717, 1.165) is 6.42 Å². The number of carbonyl (C=O) groups excluding carboxylic acids is 1. The van der Waals surface area contributed by atoms with E-state index in [1.807, 2.05) is 26.0 Å². The molecule has 1 rings (SSSR count). The summed E-state index contributed by atoms with van der Waals surface area (Å²) in [5.74, 6) is -0.209. The summed E-state index contributed by atoms with van der Waals surface area (Å²) in [7, 11) is 0. The van der Waals surface area contributed by atoms with Crippen molar-refractivity contribution in [3.05, 3.63) is 29.8 Å². The summed E-state index contributed by atoms with van der Waals surface area (Å²) in [6.45, 7) is 3.96. The van der Waals surface area contributed by atoms with E-state index in [9.17, 15) is 4.79 Å². The minimum Gasteiger partial charge on any atom is -0.389 e. The van der Waals surface area contributed by atoms with Crippen molar-refractivity contribution >= 4 is 28.8 Å². The largest absolute Gasteiger partial charge is 0.389 e. The van der Waals surface area contributed by atoms with Crippen LogP contribution in [0.15, 0.2) is 24.3 Å². The number of benzene rings is 1. The molecule has 98 valence electrons. The minimum atomic E-state index is -0.209. The molecule has 0 aromatic heterocycles. The Morgan fingerprint density at radius 3 is 2.78 bits per heavy atom. The molecular weight excluding hydrogens is 248 g/mol. The van der Waals surface area contributed by atoms with Crippen LogP contribution in [0.25, 0.3) is 0 Å². The molecule has 1 aromatic carbocycles. The molecule has 1 aromatic rings. The third kappa shape index (κ3) is 4.43. The first-order valence-corrected chi connectivity index (χ1v) is 6.25. The van der Waals surface area contributed by atoms with Gasteiger partial charge in [0.15, 0.2) is 0 Å². The topological polar surface area (TPSA) is 64.3 Å². The normalized spacial score (nSPS) is 11.9. The lowest BCUT2D eigenvalue weighted by Crippen LogP contribution is -2.23. The summed E-state index contributed by atoms with van der Waals surface area (Å²) < 4.78 is 5.35. The van der Waals surface area contributed by atoms with Gasteiger partial charge in [-0.15, -0.1) is 0 Å². The minimum absolute atomic E-state index is 0.0284. The predicted molar refractivity (Wildman–Crippen MR) is 76.7 cm³/mol. The van der Waals surface area contributed by atoms with Crippen LogP contribution in [0.5, 0.6) is 0 Å². The number of thiocarbonyl (C=S) groups is 1. The lowest BCUT2D eigenvalue weighted by molar-refractivity contribution is -0.122. The zero-order valence-corrected chi connectivity index (χ0v) is 11.4. The molecule has 5 heteroatoms. The van der Waals surface area contributed by atoms with Crippen LogP contribution in [0.4, 0.5) is 5.69 Å². The Balaban J connectivity index is 2.62. The molecule has 0 aliphatic rings. The van der Waals surface area contributed by atoms with E-state index in [2.05, 4.69) is 5.32 Å². The van der Waals surface area contributed by atoms with Crippen molar-refractivity contribution in [3.63, 3.8) is 0 Å². The zero-order chi connectivity index (χ0) is 13.5. The zero-order valence-electron chi connectivity index (χ0n) is 10.6. The number of amides is 1. The van der Waals surface area contributed by atoms with E-state index in [-0.39, 0.29) is 23.6 Å². The summed E-state index contributed by atoms with van der Waals surface area (Å²) >= 11 is 4.92. The Morgan fingerprint density at radius 2 is 2.17 bits per heavy atom. The highest BCUT2D eigenvalue weighted by molar-refractivity contribution is 7.80. The van der Waals surface area contributed by atoms with E-state index >= 15 is 0 Å². The lowest BCUT2D eigenvalue weighted by Gasteiger charge is -2.12. The quantitative estimate of drug-likeness (QED) is 0.774. The number of para-hydroxylation sites is 1. The molecule has 0 radical (unpaired) electrons. The van der Waals surface area contributed by atoms with Crippen LogP contribution in [-0.2, 0) is 9.53 Å². The molecule has 0 fully saturated rings. The fourth-order valence-electron chi connectivity index (χ4n) is 1.33. The fourth-order valence-corrected chi connectivity index (χ4v) is 1.51. The second kappa shape index (κ2) is 7.08. The van der Waals surface area contributed by atoms with Crippen LogP contribution >= 0.6 is 12.2 Å². The molecule has 0 saturated heterocycles. The Hall–Kier alpha value is -1.46. The molecule has 1 amide bonds. The highest BCUT2D eigenvalue weighted by Gasteiger charge is 2.09. The molecule has 0 spiro atoms.